The molecule has 4 rings (SSSR count). The molecule has 0 bridgehead atoms. The van der Waals surface area contributed by atoms with E-state index >= 15 is 0 Å². The van der Waals surface area contributed by atoms with Gasteiger partial charge in [-0.05, 0) is 25.0 Å². The molecular weight excluding hydrogens is 416 g/mol. The molecule has 0 spiro atoms. The zero-order valence-corrected chi connectivity index (χ0v) is 18.3. The fourth-order valence-electron chi connectivity index (χ4n) is 3.50. The van der Waals surface area contributed by atoms with Crippen LogP contribution in [0.25, 0.3) is 10.4 Å². The molecule has 162 valence electrons. The zero-order chi connectivity index (χ0) is 21.8. The van der Waals surface area contributed by atoms with Gasteiger partial charge in [0, 0.05) is 30.8 Å². The highest BCUT2D eigenvalue weighted by atomic mass is 32.1. The minimum absolute atomic E-state index is 0.0814. The molecular formula is C22H24N4O4S. The van der Waals surface area contributed by atoms with Crippen LogP contribution in [-0.4, -0.2) is 53.2 Å². The van der Waals surface area contributed by atoms with Crippen LogP contribution in [0, 0.1) is 13.8 Å². The molecule has 1 aliphatic rings. The molecule has 3 aromatic rings. The molecule has 0 radical (unpaired) electrons. The van der Waals surface area contributed by atoms with Crippen molar-refractivity contribution in [3.8, 4) is 10.4 Å². The van der Waals surface area contributed by atoms with Gasteiger partial charge in [-0.25, -0.2) is 0 Å². The van der Waals surface area contributed by atoms with Crippen molar-refractivity contribution in [1.29, 1.82) is 0 Å². The van der Waals surface area contributed by atoms with E-state index in [1.807, 2.05) is 37.3 Å². The quantitative estimate of drug-likeness (QED) is 0.630. The van der Waals surface area contributed by atoms with Crippen LogP contribution in [-0.2, 0) is 16.0 Å². The third-order valence-corrected chi connectivity index (χ3v) is 6.34. The third-order valence-electron chi connectivity index (χ3n) is 5.08. The maximum atomic E-state index is 13.3. The second kappa shape index (κ2) is 9.40. The van der Waals surface area contributed by atoms with Gasteiger partial charge in [-0.15, -0.1) is 11.3 Å². The van der Waals surface area contributed by atoms with Gasteiger partial charge < -0.3 is 19.5 Å². The molecule has 31 heavy (non-hydrogen) atoms. The molecule has 9 heteroatoms. The Morgan fingerprint density at radius 2 is 1.90 bits per heavy atom. The third kappa shape index (κ3) is 4.83. The number of morpholine rings is 1. The Hall–Kier alpha value is -3.04. The molecule has 1 aliphatic heterocycles. The summed E-state index contributed by atoms with van der Waals surface area (Å²) >= 11 is 1.42. The van der Waals surface area contributed by atoms with Gasteiger partial charge in [0.25, 0.3) is 5.91 Å². The molecule has 0 atom stereocenters. The number of aromatic nitrogens is 2. The van der Waals surface area contributed by atoms with Crippen LogP contribution in [0.2, 0.25) is 0 Å². The predicted molar refractivity (Wildman–Crippen MR) is 117 cm³/mol. The molecule has 2 aromatic heterocycles. The van der Waals surface area contributed by atoms with E-state index in [1.165, 1.54) is 11.3 Å². The molecule has 3 heterocycles. The predicted octanol–water partition coefficient (Wildman–Crippen LogP) is 3.46. The summed E-state index contributed by atoms with van der Waals surface area (Å²) in [4.78, 5) is 32.9. The van der Waals surface area contributed by atoms with Crippen molar-refractivity contribution in [3.63, 3.8) is 0 Å². The van der Waals surface area contributed by atoms with Crippen molar-refractivity contribution in [2.75, 3.05) is 31.6 Å². The number of nitrogens with zero attached hydrogens (tertiary/aromatic N) is 3. The molecule has 2 amide bonds. The number of nitrogens with one attached hydrogen (secondary N) is 1. The van der Waals surface area contributed by atoms with E-state index in [-0.39, 0.29) is 18.2 Å². The second-order valence-electron chi connectivity index (χ2n) is 7.31. The first-order valence-electron chi connectivity index (χ1n) is 10.2. The molecule has 0 saturated carbocycles. The van der Waals surface area contributed by atoms with Crippen LogP contribution in [0.4, 0.5) is 5.00 Å². The number of ether oxygens (including phenoxy) is 1. The first kappa shape index (κ1) is 21.2. The van der Waals surface area contributed by atoms with E-state index in [2.05, 4.69) is 15.5 Å². The van der Waals surface area contributed by atoms with Crippen LogP contribution >= 0.6 is 11.3 Å². The second-order valence-corrected chi connectivity index (χ2v) is 8.34. The van der Waals surface area contributed by atoms with Crippen molar-refractivity contribution < 1.29 is 18.8 Å². The Morgan fingerprint density at radius 1 is 1.16 bits per heavy atom. The van der Waals surface area contributed by atoms with Crippen molar-refractivity contribution >= 4 is 28.2 Å². The number of rotatable bonds is 6. The lowest BCUT2D eigenvalue weighted by atomic mass is 10.1. The molecule has 1 saturated heterocycles. The number of carbonyl (C=O) groups excluding carboxylic acids is 2. The Kier molecular flexibility index (Phi) is 6.43. The Bertz CT molecular complexity index is 1070. The summed E-state index contributed by atoms with van der Waals surface area (Å²) in [5, 5.41) is 7.26. The van der Waals surface area contributed by atoms with Crippen molar-refractivity contribution in [3.05, 3.63) is 53.2 Å². The van der Waals surface area contributed by atoms with E-state index in [1.54, 1.807) is 11.8 Å². The fraction of sp³-hybridized carbons (Fsp3) is 0.364. The highest BCUT2D eigenvalue weighted by molar-refractivity contribution is 7.20. The lowest BCUT2D eigenvalue weighted by Gasteiger charge is -2.27. The summed E-state index contributed by atoms with van der Waals surface area (Å²) in [5.74, 6) is 0.676. The van der Waals surface area contributed by atoms with Gasteiger partial charge >= 0.3 is 0 Å². The average Bonchev–Trinajstić information content (AvgIpc) is 3.35. The number of amides is 2. The summed E-state index contributed by atoms with van der Waals surface area (Å²) in [6.45, 7) is 5.79. The van der Waals surface area contributed by atoms with Gasteiger partial charge in [0.2, 0.25) is 11.8 Å². The summed E-state index contributed by atoms with van der Waals surface area (Å²) in [6.07, 6.45) is 0.528. The number of anilines is 1. The number of benzene rings is 1. The smallest absolute Gasteiger partial charge is 0.257 e. The first-order chi connectivity index (χ1) is 15.0. The van der Waals surface area contributed by atoms with Crippen molar-refractivity contribution in [2.45, 2.75) is 26.7 Å². The molecule has 0 aliphatic carbocycles. The topological polar surface area (TPSA) is 97.6 Å². The van der Waals surface area contributed by atoms with Gasteiger partial charge in [-0.3, -0.25) is 9.59 Å². The van der Waals surface area contributed by atoms with Gasteiger partial charge in [-0.2, -0.15) is 4.98 Å². The van der Waals surface area contributed by atoms with Crippen LogP contribution < -0.4 is 5.32 Å². The fourth-order valence-corrected chi connectivity index (χ4v) is 4.72. The molecule has 1 fully saturated rings. The minimum Gasteiger partial charge on any atom is -0.378 e. The SMILES string of the molecule is Cc1noc(CCC(=O)Nc2sc(-c3ccccc3)c(C)c2C(=O)N2CCOCC2)n1. The van der Waals surface area contributed by atoms with E-state index in [0.717, 1.165) is 16.0 Å². The molecule has 0 unspecified atom stereocenters. The largest absolute Gasteiger partial charge is 0.378 e. The van der Waals surface area contributed by atoms with Crippen molar-refractivity contribution in [2.24, 2.45) is 0 Å². The first-order valence-corrected chi connectivity index (χ1v) is 11.0. The highest BCUT2D eigenvalue weighted by Gasteiger charge is 2.28. The summed E-state index contributed by atoms with van der Waals surface area (Å²) in [5.41, 5.74) is 2.44. The van der Waals surface area contributed by atoms with Crippen LogP contribution in [0.1, 0.15) is 34.1 Å². The van der Waals surface area contributed by atoms with E-state index in [0.29, 0.717) is 55.0 Å². The molecule has 8 nitrogen and oxygen atoms in total. The lowest BCUT2D eigenvalue weighted by molar-refractivity contribution is -0.116. The van der Waals surface area contributed by atoms with E-state index in [9.17, 15) is 9.59 Å². The van der Waals surface area contributed by atoms with Crippen LogP contribution in [0.5, 0.6) is 0 Å². The van der Waals surface area contributed by atoms with Crippen LogP contribution in [0.15, 0.2) is 34.9 Å². The molecule has 1 N–H and O–H groups in total. The summed E-state index contributed by atoms with van der Waals surface area (Å²) in [7, 11) is 0. The number of thiophene rings is 1. The number of carbonyl (C=O) groups is 2. The zero-order valence-electron chi connectivity index (χ0n) is 17.5. The average molecular weight is 441 g/mol. The number of hydrogen-bond donors (Lipinski definition) is 1. The Labute approximate surface area is 184 Å². The highest BCUT2D eigenvalue weighted by Crippen LogP contribution is 2.40. The van der Waals surface area contributed by atoms with E-state index < -0.39 is 0 Å². The Balaban J connectivity index is 1.59. The van der Waals surface area contributed by atoms with E-state index in [4.69, 9.17) is 9.26 Å². The van der Waals surface area contributed by atoms with Gasteiger partial charge in [0.05, 0.1) is 18.8 Å². The van der Waals surface area contributed by atoms with Gasteiger partial charge in [0.1, 0.15) is 5.00 Å². The number of hydrogen-bond acceptors (Lipinski definition) is 7. The Morgan fingerprint density at radius 3 is 2.58 bits per heavy atom. The summed E-state index contributed by atoms with van der Waals surface area (Å²) < 4.78 is 10.5. The molecule has 1 aromatic carbocycles. The summed E-state index contributed by atoms with van der Waals surface area (Å²) in [6, 6.07) is 9.88. The lowest BCUT2D eigenvalue weighted by Crippen LogP contribution is -2.41. The minimum atomic E-state index is -0.201. The normalized spacial score (nSPS) is 13.9. The van der Waals surface area contributed by atoms with Crippen molar-refractivity contribution in [1.82, 2.24) is 15.0 Å². The van der Waals surface area contributed by atoms with Gasteiger partial charge in [0.15, 0.2) is 5.82 Å². The maximum absolute atomic E-state index is 13.3. The maximum Gasteiger partial charge on any atom is 0.257 e. The number of aryl methyl sites for hydroxylation is 2. The van der Waals surface area contributed by atoms with Gasteiger partial charge in [-0.1, -0.05) is 35.5 Å². The van der Waals surface area contributed by atoms with Crippen LogP contribution in [0.3, 0.4) is 0 Å². The standard InChI is InChI=1S/C22H24N4O4S/c1-14-19(22(28)26-10-12-29-13-11-26)21(31-20(14)16-6-4-3-5-7-16)24-17(27)8-9-18-23-15(2)25-30-18/h3-7H,8-13H2,1-2H3,(H,24,27). The monoisotopic (exact) mass is 440 g/mol.